The average molecular weight is 393 g/mol. The van der Waals surface area contributed by atoms with Gasteiger partial charge in [-0.2, -0.15) is 0 Å². The number of primary amides is 1. The molecule has 27 heavy (non-hydrogen) atoms. The molecule has 1 unspecified atom stereocenters. The minimum atomic E-state index is -1.62. The van der Waals surface area contributed by atoms with Crippen molar-refractivity contribution in [3.8, 4) is 0 Å². The molecule has 1 aliphatic heterocycles. The highest BCUT2D eigenvalue weighted by Gasteiger charge is 2.52. The lowest BCUT2D eigenvalue weighted by Crippen LogP contribution is -2.62. The zero-order valence-corrected chi connectivity index (χ0v) is 14.3. The second-order valence-electron chi connectivity index (χ2n) is 5.43. The van der Waals surface area contributed by atoms with Crippen LogP contribution in [0.5, 0.6) is 0 Å². The van der Waals surface area contributed by atoms with E-state index in [2.05, 4.69) is 0 Å². The van der Waals surface area contributed by atoms with E-state index < -0.39 is 101 Å². The van der Waals surface area contributed by atoms with E-state index in [-0.39, 0.29) is 0 Å². The molecule has 1 saturated heterocycles. The van der Waals surface area contributed by atoms with Crippen LogP contribution in [0.1, 0.15) is 39.5 Å². The number of nitrogens with two attached hydrogens (primary N) is 1. The Kier molecular flexibility index (Phi) is 6.02. The second-order valence-corrected chi connectivity index (χ2v) is 5.43. The first-order valence-corrected chi connectivity index (χ1v) is 7.51. The molecule has 0 aliphatic carbocycles. The molecule has 0 spiro atoms. The molecule has 2 N–H and O–H groups in total. The highest BCUT2D eigenvalue weighted by Crippen LogP contribution is 2.30. The molecule has 1 fully saturated rings. The van der Waals surface area contributed by atoms with Gasteiger partial charge in [0.15, 0.2) is 18.3 Å². The summed E-state index contributed by atoms with van der Waals surface area (Å²) in [5, 5.41) is 0. The number of rotatable bonds is 7. The molecule has 11 nitrogen and oxygen atoms in total. The molecule has 0 aromatic carbocycles. The summed E-state index contributed by atoms with van der Waals surface area (Å²) in [6.07, 6.45) is -8.01. The third kappa shape index (κ3) is 7.21. The number of esters is 4. The number of carbonyl (C=O) groups is 5. The molecule has 1 amide bonds. The number of amides is 1. The fourth-order valence-corrected chi connectivity index (χ4v) is 2.54. The van der Waals surface area contributed by atoms with Crippen molar-refractivity contribution in [2.24, 2.45) is 5.73 Å². The molecule has 0 radical (unpaired) electrons. The summed E-state index contributed by atoms with van der Waals surface area (Å²) in [6.45, 7) is -3.85. The van der Waals surface area contributed by atoms with Gasteiger partial charge in [0.05, 0.1) is 6.42 Å². The molecule has 0 aromatic heterocycles. The monoisotopic (exact) mass is 393 g/mol. The van der Waals surface area contributed by atoms with Crippen molar-refractivity contribution in [1.82, 2.24) is 0 Å². The zero-order chi connectivity index (χ0) is 23.6. The third-order valence-electron chi connectivity index (χ3n) is 3.34. The number of hydrogen-bond donors (Lipinski definition) is 1. The lowest BCUT2D eigenvalue weighted by Gasteiger charge is -2.44. The summed E-state index contributed by atoms with van der Waals surface area (Å²) in [4.78, 5) is 58.2. The minimum Gasteiger partial charge on any atom is -0.463 e. The van der Waals surface area contributed by atoms with E-state index in [1.807, 2.05) is 0 Å². The molecule has 11 heteroatoms. The van der Waals surface area contributed by atoms with Crippen LogP contribution in [0.25, 0.3) is 0 Å². The summed E-state index contributed by atoms with van der Waals surface area (Å²) >= 11 is 0. The summed E-state index contributed by atoms with van der Waals surface area (Å²) < 4.78 is 54.1. The van der Waals surface area contributed by atoms with Crippen LogP contribution in [0.15, 0.2) is 0 Å². The highest BCUT2D eigenvalue weighted by molar-refractivity contribution is 5.74. The average Bonchev–Trinajstić information content (AvgIpc) is 2.74. The van der Waals surface area contributed by atoms with Gasteiger partial charge in [-0.3, -0.25) is 24.0 Å². The van der Waals surface area contributed by atoms with Gasteiger partial charge in [0.2, 0.25) is 5.91 Å². The van der Waals surface area contributed by atoms with E-state index >= 15 is 0 Å². The normalized spacial score (nSPS) is 29.1. The van der Waals surface area contributed by atoms with Crippen molar-refractivity contribution >= 4 is 29.8 Å². The number of ether oxygens (including phenoxy) is 5. The maximum absolute atomic E-state index is 11.8. The topological polar surface area (TPSA) is 158 Å². The van der Waals surface area contributed by atoms with E-state index in [9.17, 15) is 24.0 Å². The van der Waals surface area contributed by atoms with Gasteiger partial charge in [-0.05, 0) is 0 Å². The fourth-order valence-electron chi connectivity index (χ4n) is 2.54. The maximum Gasteiger partial charge on any atom is 0.303 e. The molecule has 0 aromatic rings. The Bertz CT molecular complexity index is 679. The summed E-state index contributed by atoms with van der Waals surface area (Å²) in [5.74, 6) is -5.13. The molecule has 1 heterocycles. The fraction of sp³-hybridized carbons (Fsp3) is 0.688. The van der Waals surface area contributed by atoms with Crippen LogP contribution in [0.4, 0.5) is 0 Å². The third-order valence-corrected chi connectivity index (χ3v) is 3.34. The molecule has 0 bridgehead atoms. The largest absolute Gasteiger partial charge is 0.463 e. The summed E-state index contributed by atoms with van der Waals surface area (Å²) in [5.41, 5.74) is 5.19. The standard InChI is InChI=1S/C16H23NO10/c1-7(18)23-6-12-15(25-9(3)20)16(26-10(4)21)14(24-8(2)19)11(27-12)5-13(17)22/h11-12,14-16H,5-6H2,1-4H3,(H2,17,22)/t11?,12-,14-,15-,16-/m1/s1/i1D,2D,3D,4D. The van der Waals surface area contributed by atoms with Gasteiger partial charge in [0.1, 0.15) is 18.8 Å². The maximum atomic E-state index is 11.8. The Labute approximate surface area is 161 Å². The van der Waals surface area contributed by atoms with E-state index in [0.29, 0.717) is 0 Å². The highest BCUT2D eigenvalue weighted by atomic mass is 16.7. The lowest BCUT2D eigenvalue weighted by atomic mass is 9.92. The first-order valence-electron chi connectivity index (χ1n) is 10.3. The first kappa shape index (κ1) is 16.5. The molecule has 1 rings (SSSR count). The van der Waals surface area contributed by atoms with Gasteiger partial charge in [-0.25, -0.2) is 0 Å². The van der Waals surface area contributed by atoms with Gasteiger partial charge in [0.25, 0.3) is 0 Å². The first-order chi connectivity index (χ1) is 14.7. The van der Waals surface area contributed by atoms with Crippen molar-refractivity contribution < 1.29 is 53.1 Å². The van der Waals surface area contributed by atoms with Crippen molar-refractivity contribution in [3.63, 3.8) is 0 Å². The van der Waals surface area contributed by atoms with Crippen LogP contribution in [-0.2, 0) is 47.7 Å². The predicted molar refractivity (Wildman–Crippen MR) is 85.8 cm³/mol. The summed E-state index contributed by atoms with van der Waals surface area (Å²) in [6, 6.07) is 0. The van der Waals surface area contributed by atoms with Gasteiger partial charge in [0, 0.05) is 33.1 Å². The molecular weight excluding hydrogens is 366 g/mol. The van der Waals surface area contributed by atoms with E-state index in [0.717, 1.165) is 0 Å². The van der Waals surface area contributed by atoms with E-state index in [4.69, 9.17) is 34.9 Å². The van der Waals surface area contributed by atoms with Gasteiger partial charge < -0.3 is 29.4 Å². The molecule has 0 saturated carbocycles. The van der Waals surface area contributed by atoms with Crippen LogP contribution in [0, 0.1) is 0 Å². The van der Waals surface area contributed by atoms with Gasteiger partial charge in [-0.15, -0.1) is 0 Å². The Morgan fingerprint density at radius 3 is 1.78 bits per heavy atom. The predicted octanol–water partition coefficient (Wildman–Crippen LogP) is -1.01. The quantitative estimate of drug-likeness (QED) is 0.419. The second kappa shape index (κ2) is 9.86. The molecule has 1 aliphatic rings. The van der Waals surface area contributed by atoms with E-state index in [1.54, 1.807) is 0 Å². The van der Waals surface area contributed by atoms with Crippen LogP contribution in [0.2, 0.25) is 0 Å². The Balaban J connectivity index is 3.37. The molecular formula is C16H23NO10. The number of carbonyl (C=O) groups excluding carboxylic acids is 5. The van der Waals surface area contributed by atoms with Crippen LogP contribution in [-0.4, -0.2) is 66.9 Å². The smallest absolute Gasteiger partial charge is 0.303 e. The van der Waals surface area contributed by atoms with Crippen molar-refractivity contribution in [3.05, 3.63) is 0 Å². The minimum absolute atomic E-state index is 0.549. The summed E-state index contributed by atoms with van der Waals surface area (Å²) in [7, 11) is 0. The van der Waals surface area contributed by atoms with Crippen molar-refractivity contribution in [2.45, 2.75) is 64.5 Å². The molecule has 5 atom stereocenters. The zero-order valence-electron chi connectivity index (χ0n) is 18.3. The number of hydrogen-bond acceptors (Lipinski definition) is 10. The van der Waals surface area contributed by atoms with Gasteiger partial charge >= 0.3 is 23.9 Å². The van der Waals surface area contributed by atoms with Crippen molar-refractivity contribution in [1.29, 1.82) is 0 Å². The van der Waals surface area contributed by atoms with Crippen LogP contribution < -0.4 is 5.73 Å². The molecule has 152 valence electrons. The Morgan fingerprint density at radius 1 is 0.815 bits per heavy atom. The van der Waals surface area contributed by atoms with Gasteiger partial charge in [-0.1, -0.05) is 0 Å². The lowest BCUT2D eigenvalue weighted by molar-refractivity contribution is -0.252. The SMILES string of the molecule is [2H]CC(=O)OC[C@H]1OC(CC(N)=O)[C@@H](OC(=O)C[2H])[C@@H](OC(=O)C[2H])[C@@H]1OC(=O)C[2H]. The Hall–Kier alpha value is -2.69. The Morgan fingerprint density at radius 2 is 1.30 bits per heavy atom. The van der Waals surface area contributed by atoms with Crippen molar-refractivity contribution in [2.75, 3.05) is 6.61 Å². The van der Waals surface area contributed by atoms with E-state index in [1.165, 1.54) is 0 Å². The van der Waals surface area contributed by atoms with Crippen LogP contribution in [0.3, 0.4) is 0 Å². The van der Waals surface area contributed by atoms with Crippen LogP contribution >= 0.6 is 0 Å².